The van der Waals surface area contributed by atoms with Crippen LogP contribution in [-0.4, -0.2) is 47.2 Å². The quantitative estimate of drug-likeness (QED) is 0.764. The van der Waals surface area contributed by atoms with Crippen LogP contribution in [0.4, 0.5) is 0 Å². The van der Waals surface area contributed by atoms with Gasteiger partial charge in [-0.25, -0.2) is 0 Å². The standard InChI is InChI=1S/C14H28N2O2/c1-4-12-9-7-6-8-10-16(12)11-14(3,13(17)18)15-5-2/h12,15H,4-11H2,1-3H3,(H,17,18). The molecule has 0 bridgehead atoms. The number of aliphatic carboxylic acids is 1. The molecule has 4 heteroatoms. The Morgan fingerprint density at radius 2 is 2.11 bits per heavy atom. The van der Waals surface area contributed by atoms with Crippen LogP contribution in [0.2, 0.25) is 0 Å². The van der Waals surface area contributed by atoms with Crippen LogP contribution >= 0.6 is 0 Å². The Morgan fingerprint density at radius 1 is 1.39 bits per heavy atom. The van der Waals surface area contributed by atoms with Gasteiger partial charge in [0.05, 0.1) is 0 Å². The number of hydrogen-bond acceptors (Lipinski definition) is 3. The molecule has 1 saturated heterocycles. The molecule has 1 aliphatic heterocycles. The molecule has 1 rings (SSSR count). The molecule has 0 aromatic heterocycles. The summed E-state index contributed by atoms with van der Waals surface area (Å²) in [5.74, 6) is -0.747. The molecule has 2 N–H and O–H groups in total. The van der Waals surface area contributed by atoms with Crippen LogP contribution in [0.5, 0.6) is 0 Å². The monoisotopic (exact) mass is 256 g/mol. The van der Waals surface area contributed by atoms with Crippen LogP contribution in [0.3, 0.4) is 0 Å². The van der Waals surface area contributed by atoms with Crippen LogP contribution in [-0.2, 0) is 4.79 Å². The smallest absolute Gasteiger partial charge is 0.324 e. The first kappa shape index (κ1) is 15.4. The first-order valence-corrected chi connectivity index (χ1v) is 7.26. The molecule has 0 radical (unpaired) electrons. The van der Waals surface area contributed by atoms with Crippen LogP contribution in [0.25, 0.3) is 0 Å². The minimum atomic E-state index is -0.827. The van der Waals surface area contributed by atoms with Crippen molar-refractivity contribution in [1.82, 2.24) is 10.2 Å². The Labute approximate surface area is 111 Å². The third-order valence-corrected chi connectivity index (χ3v) is 4.03. The molecule has 0 saturated carbocycles. The van der Waals surface area contributed by atoms with E-state index in [4.69, 9.17) is 0 Å². The highest BCUT2D eigenvalue weighted by Crippen LogP contribution is 2.21. The van der Waals surface area contributed by atoms with Gasteiger partial charge < -0.3 is 10.4 Å². The molecular weight excluding hydrogens is 228 g/mol. The van der Waals surface area contributed by atoms with E-state index >= 15 is 0 Å². The predicted octanol–water partition coefficient (Wildman–Crippen LogP) is 2.09. The molecular formula is C14H28N2O2. The Hall–Kier alpha value is -0.610. The van der Waals surface area contributed by atoms with Gasteiger partial charge in [-0.15, -0.1) is 0 Å². The lowest BCUT2D eigenvalue weighted by molar-refractivity contribution is -0.145. The average molecular weight is 256 g/mol. The number of hydrogen-bond donors (Lipinski definition) is 2. The van der Waals surface area contributed by atoms with E-state index < -0.39 is 11.5 Å². The molecule has 4 nitrogen and oxygen atoms in total. The molecule has 18 heavy (non-hydrogen) atoms. The Kier molecular flexibility index (Phi) is 6.09. The Morgan fingerprint density at radius 3 is 2.67 bits per heavy atom. The molecule has 0 aromatic carbocycles. The maximum Gasteiger partial charge on any atom is 0.324 e. The van der Waals surface area contributed by atoms with E-state index in [9.17, 15) is 9.90 Å². The van der Waals surface area contributed by atoms with Crippen LogP contribution in [0, 0.1) is 0 Å². The third kappa shape index (κ3) is 3.95. The molecule has 1 aliphatic rings. The number of carboxylic acid groups (broad SMARTS) is 1. The average Bonchev–Trinajstić information content (AvgIpc) is 2.54. The van der Waals surface area contributed by atoms with Crippen molar-refractivity contribution in [1.29, 1.82) is 0 Å². The molecule has 1 heterocycles. The van der Waals surface area contributed by atoms with Gasteiger partial charge in [0.15, 0.2) is 0 Å². The number of carbonyl (C=O) groups is 1. The van der Waals surface area contributed by atoms with Gasteiger partial charge in [0.2, 0.25) is 0 Å². The minimum Gasteiger partial charge on any atom is -0.480 e. The van der Waals surface area contributed by atoms with E-state index in [2.05, 4.69) is 17.1 Å². The molecule has 2 atom stereocenters. The molecule has 0 amide bonds. The van der Waals surface area contributed by atoms with Crippen molar-refractivity contribution in [2.45, 2.75) is 64.5 Å². The first-order chi connectivity index (χ1) is 8.53. The zero-order valence-electron chi connectivity index (χ0n) is 12.0. The van der Waals surface area contributed by atoms with Gasteiger partial charge in [0.25, 0.3) is 0 Å². The lowest BCUT2D eigenvalue weighted by atomic mass is 9.99. The second-order valence-corrected chi connectivity index (χ2v) is 5.55. The van der Waals surface area contributed by atoms with Crippen molar-refractivity contribution in [3.63, 3.8) is 0 Å². The fourth-order valence-electron chi connectivity index (χ4n) is 2.90. The van der Waals surface area contributed by atoms with Gasteiger partial charge >= 0.3 is 5.97 Å². The van der Waals surface area contributed by atoms with Gasteiger partial charge in [-0.2, -0.15) is 0 Å². The minimum absolute atomic E-state index is 0.546. The summed E-state index contributed by atoms with van der Waals surface area (Å²) in [4.78, 5) is 13.9. The lowest BCUT2D eigenvalue weighted by Gasteiger charge is -2.36. The SMILES string of the molecule is CCNC(C)(CN1CCCCCC1CC)C(=O)O. The van der Waals surface area contributed by atoms with Crippen molar-refractivity contribution in [2.24, 2.45) is 0 Å². The van der Waals surface area contributed by atoms with Crippen molar-refractivity contribution in [3.8, 4) is 0 Å². The summed E-state index contributed by atoms with van der Waals surface area (Å²) in [6, 6.07) is 0.546. The number of likely N-dealkylation sites (tertiary alicyclic amines) is 1. The second-order valence-electron chi connectivity index (χ2n) is 5.55. The molecule has 0 aliphatic carbocycles. The lowest BCUT2D eigenvalue weighted by Crippen LogP contribution is -2.58. The predicted molar refractivity (Wildman–Crippen MR) is 73.8 cm³/mol. The van der Waals surface area contributed by atoms with Gasteiger partial charge in [-0.3, -0.25) is 9.69 Å². The molecule has 2 unspecified atom stereocenters. The van der Waals surface area contributed by atoms with Crippen molar-refractivity contribution in [3.05, 3.63) is 0 Å². The highest BCUT2D eigenvalue weighted by molar-refractivity contribution is 5.78. The van der Waals surface area contributed by atoms with E-state index in [1.807, 2.05) is 6.92 Å². The van der Waals surface area contributed by atoms with Gasteiger partial charge in [-0.1, -0.05) is 26.7 Å². The summed E-state index contributed by atoms with van der Waals surface area (Å²) >= 11 is 0. The Bertz CT molecular complexity index is 271. The number of carboxylic acids is 1. The van der Waals surface area contributed by atoms with E-state index in [-0.39, 0.29) is 0 Å². The Balaban J connectivity index is 2.73. The summed E-state index contributed by atoms with van der Waals surface area (Å²) in [5, 5.41) is 12.6. The first-order valence-electron chi connectivity index (χ1n) is 7.26. The van der Waals surface area contributed by atoms with E-state index in [0.717, 1.165) is 13.0 Å². The number of nitrogens with one attached hydrogen (secondary N) is 1. The third-order valence-electron chi connectivity index (χ3n) is 4.03. The normalized spacial score (nSPS) is 25.4. The molecule has 1 fully saturated rings. The fraction of sp³-hybridized carbons (Fsp3) is 0.929. The number of nitrogens with zero attached hydrogens (tertiary/aromatic N) is 1. The number of rotatable bonds is 6. The summed E-state index contributed by atoms with van der Waals surface area (Å²) in [6.07, 6.45) is 6.07. The van der Waals surface area contributed by atoms with Crippen molar-refractivity contribution < 1.29 is 9.90 Å². The highest BCUT2D eigenvalue weighted by Gasteiger charge is 2.36. The van der Waals surface area contributed by atoms with Crippen LogP contribution < -0.4 is 5.32 Å². The molecule has 106 valence electrons. The van der Waals surface area contributed by atoms with Gasteiger partial charge in [0, 0.05) is 12.6 Å². The summed E-state index contributed by atoms with van der Waals surface area (Å²) in [7, 11) is 0. The van der Waals surface area contributed by atoms with Crippen molar-refractivity contribution >= 4 is 5.97 Å². The van der Waals surface area contributed by atoms with Crippen LogP contribution in [0.15, 0.2) is 0 Å². The van der Waals surface area contributed by atoms with Crippen LogP contribution in [0.1, 0.15) is 52.9 Å². The summed E-state index contributed by atoms with van der Waals surface area (Å²) in [6.45, 7) is 8.29. The van der Waals surface area contributed by atoms with E-state index in [0.29, 0.717) is 19.1 Å². The summed E-state index contributed by atoms with van der Waals surface area (Å²) in [5.41, 5.74) is -0.827. The van der Waals surface area contributed by atoms with E-state index in [1.54, 1.807) is 6.92 Å². The van der Waals surface area contributed by atoms with Gasteiger partial charge in [-0.05, 0) is 39.3 Å². The fourth-order valence-corrected chi connectivity index (χ4v) is 2.90. The maximum atomic E-state index is 11.5. The molecule has 0 aromatic rings. The van der Waals surface area contributed by atoms with Gasteiger partial charge in [0.1, 0.15) is 5.54 Å². The highest BCUT2D eigenvalue weighted by atomic mass is 16.4. The molecule has 0 spiro atoms. The maximum absolute atomic E-state index is 11.5. The zero-order chi connectivity index (χ0) is 13.6. The topological polar surface area (TPSA) is 52.6 Å². The van der Waals surface area contributed by atoms with Crippen molar-refractivity contribution in [2.75, 3.05) is 19.6 Å². The largest absolute Gasteiger partial charge is 0.480 e. The zero-order valence-corrected chi connectivity index (χ0v) is 12.0. The summed E-state index contributed by atoms with van der Waals surface area (Å²) < 4.78 is 0. The number of likely N-dealkylation sites (N-methyl/N-ethyl adjacent to an activating group) is 1. The second kappa shape index (κ2) is 7.10. The van der Waals surface area contributed by atoms with E-state index in [1.165, 1.54) is 25.7 Å².